The number of nitrogens with zero attached hydrogens (tertiary/aromatic N) is 4. The molecule has 31 heavy (non-hydrogen) atoms. The molecule has 0 radical (unpaired) electrons. The zero-order chi connectivity index (χ0) is 22.0. The Morgan fingerprint density at radius 2 is 2.06 bits per heavy atom. The van der Waals surface area contributed by atoms with E-state index in [0.29, 0.717) is 43.9 Å². The van der Waals surface area contributed by atoms with E-state index in [-0.39, 0.29) is 11.6 Å². The van der Waals surface area contributed by atoms with E-state index in [0.717, 1.165) is 30.9 Å². The number of nitrogens with one attached hydrogen (secondary N) is 1. The molecule has 0 unspecified atom stereocenters. The second kappa shape index (κ2) is 9.03. The Kier molecular flexibility index (Phi) is 6.19. The summed E-state index contributed by atoms with van der Waals surface area (Å²) in [5, 5.41) is 3.08. The van der Waals surface area contributed by atoms with Gasteiger partial charge in [0.1, 0.15) is 25.0 Å². The van der Waals surface area contributed by atoms with Gasteiger partial charge in [0.05, 0.1) is 11.8 Å². The number of nitrogens with two attached hydrogens (primary N) is 1. The van der Waals surface area contributed by atoms with Gasteiger partial charge in [-0.1, -0.05) is 0 Å². The molecule has 3 heterocycles. The summed E-state index contributed by atoms with van der Waals surface area (Å²) in [5.41, 5.74) is 7.11. The lowest BCUT2D eigenvalue weighted by atomic mass is 10.1. The number of hydrogen-bond acceptors (Lipinski definition) is 8. The minimum absolute atomic E-state index is 0.146. The fourth-order valence-electron chi connectivity index (χ4n) is 3.90. The van der Waals surface area contributed by atoms with Gasteiger partial charge in [0.2, 0.25) is 5.95 Å². The fraction of sp³-hybridized carbons (Fsp3) is 0.476. The lowest BCUT2D eigenvalue weighted by molar-refractivity contribution is 0.0710. The number of amides is 1. The largest absolute Gasteiger partial charge is 0.381 e. The molecule has 0 saturated carbocycles. The maximum Gasteiger partial charge on any atom is 0.251 e. The number of halogens is 1. The van der Waals surface area contributed by atoms with Crippen molar-refractivity contribution in [2.75, 3.05) is 48.3 Å². The maximum absolute atomic E-state index is 14.3. The summed E-state index contributed by atoms with van der Waals surface area (Å²) in [6, 6.07) is 2.91. The van der Waals surface area contributed by atoms with Gasteiger partial charge >= 0.3 is 0 Å². The smallest absolute Gasteiger partial charge is 0.251 e. The lowest BCUT2D eigenvalue weighted by Gasteiger charge is -2.34. The molecule has 2 aliphatic heterocycles. The first kappa shape index (κ1) is 21.3. The molecule has 1 aromatic carbocycles. The lowest BCUT2D eigenvalue weighted by Crippen LogP contribution is -2.41. The maximum atomic E-state index is 14.3. The van der Waals surface area contributed by atoms with Gasteiger partial charge < -0.3 is 30.3 Å². The Morgan fingerprint density at radius 1 is 1.29 bits per heavy atom. The van der Waals surface area contributed by atoms with E-state index in [2.05, 4.69) is 27.0 Å². The fourth-order valence-corrected chi connectivity index (χ4v) is 3.90. The zero-order valence-electron chi connectivity index (χ0n) is 17.7. The second-order valence-corrected chi connectivity index (χ2v) is 7.67. The number of benzene rings is 1. The van der Waals surface area contributed by atoms with Crippen molar-refractivity contribution in [2.24, 2.45) is 5.73 Å². The summed E-state index contributed by atoms with van der Waals surface area (Å²) in [6.07, 6.45) is 3.54. The van der Waals surface area contributed by atoms with Gasteiger partial charge in [0.25, 0.3) is 5.91 Å². The van der Waals surface area contributed by atoms with E-state index in [4.69, 9.17) is 20.2 Å². The van der Waals surface area contributed by atoms with E-state index in [1.54, 1.807) is 13.1 Å². The van der Waals surface area contributed by atoms with Gasteiger partial charge in [-0.15, -0.1) is 0 Å². The Labute approximate surface area is 180 Å². The first-order valence-electron chi connectivity index (χ1n) is 10.4. The summed E-state index contributed by atoms with van der Waals surface area (Å²) in [5.74, 6) is -0.385. The number of carbonyl (C=O) groups excluding carboxylic acids is 1. The average molecular weight is 430 g/mol. The molecule has 166 valence electrons. The van der Waals surface area contributed by atoms with Crippen LogP contribution in [0.3, 0.4) is 0 Å². The highest BCUT2D eigenvalue weighted by Gasteiger charge is 2.29. The molecule has 0 atom stereocenters. The molecule has 0 spiro atoms. The minimum atomic E-state index is -0.805. The van der Waals surface area contributed by atoms with Crippen LogP contribution >= 0.6 is 0 Å². The number of rotatable bonds is 5. The number of hydrogen-bond donors (Lipinski definition) is 2. The molecule has 10 heteroatoms. The SMILES string of the molecule is CCN1COCN(C2CCOCC2)c2nc(Nc3cc(F)c(C(N)=O)cc3C)ncc21. The highest BCUT2D eigenvalue weighted by Crippen LogP contribution is 2.34. The second-order valence-electron chi connectivity index (χ2n) is 7.67. The van der Waals surface area contributed by atoms with Crippen LogP contribution < -0.4 is 20.9 Å². The number of carbonyl (C=O) groups is 1. The van der Waals surface area contributed by atoms with Crippen molar-refractivity contribution in [3.05, 3.63) is 35.3 Å². The number of anilines is 4. The molecule has 4 rings (SSSR count). The normalized spacial score (nSPS) is 17.3. The van der Waals surface area contributed by atoms with E-state index >= 15 is 0 Å². The zero-order valence-corrected chi connectivity index (χ0v) is 17.7. The summed E-state index contributed by atoms with van der Waals surface area (Å²) in [4.78, 5) is 24.8. The number of ether oxygens (including phenoxy) is 2. The van der Waals surface area contributed by atoms with Crippen LogP contribution in [0.15, 0.2) is 18.3 Å². The third-order valence-electron chi connectivity index (χ3n) is 5.68. The molecule has 9 nitrogen and oxygen atoms in total. The van der Waals surface area contributed by atoms with Crippen LogP contribution in [0.2, 0.25) is 0 Å². The van der Waals surface area contributed by atoms with E-state index in [1.165, 1.54) is 12.1 Å². The number of fused-ring (bicyclic) bond motifs is 1. The molecule has 2 aromatic rings. The van der Waals surface area contributed by atoms with E-state index in [9.17, 15) is 9.18 Å². The Balaban J connectivity index is 1.69. The molecule has 1 saturated heterocycles. The summed E-state index contributed by atoms with van der Waals surface area (Å²) in [7, 11) is 0. The molecule has 1 aromatic heterocycles. The molecular weight excluding hydrogens is 403 g/mol. The van der Waals surface area contributed by atoms with Gasteiger partial charge in [-0.2, -0.15) is 4.98 Å². The Bertz CT molecular complexity index is 966. The molecule has 2 aliphatic rings. The van der Waals surface area contributed by atoms with Crippen LogP contribution in [-0.2, 0) is 9.47 Å². The summed E-state index contributed by atoms with van der Waals surface area (Å²) < 4.78 is 25.7. The standard InChI is InChI=1S/C21H27FN6O3/c1-3-27-11-31-12-28(14-4-6-30-7-5-14)20-18(27)10-24-21(26-20)25-17-9-16(22)15(19(23)29)8-13(17)2/h8-10,14H,3-7,11-12H2,1-2H3,(H2,23,29)(H,24,25,26). The molecule has 0 aliphatic carbocycles. The van der Waals surface area contributed by atoms with Crippen molar-refractivity contribution in [3.63, 3.8) is 0 Å². The van der Waals surface area contributed by atoms with Gasteiger partial charge in [-0.05, 0) is 44.4 Å². The van der Waals surface area contributed by atoms with Crippen LogP contribution in [-0.4, -0.2) is 55.1 Å². The molecule has 3 N–H and O–H groups in total. The summed E-state index contributed by atoms with van der Waals surface area (Å²) in [6.45, 7) is 6.85. The summed E-state index contributed by atoms with van der Waals surface area (Å²) >= 11 is 0. The molecule has 0 bridgehead atoms. The van der Waals surface area contributed by atoms with Crippen molar-refractivity contribution in [2.45, 2.75) is 32.7 Å². The molecule has 1 amide bonds. The van der Waals surface area contributed by atoms with E-state index < -0.39 is 11.7 Å². The van der Waals surface area contributed by atoms with Gasteiger partial charge in [0.15, 0.2) is 5.82 Å². The average Bonchev–Trinajstić information content (AvgIpc) is 2.95. The monoisotopic (exact) mass is 430 g/mol. The van der Waals surface area contributed by atoms with Gasteiger partial charge in [0, 0.05) is 31.5 Å². The van der Waals surface area contributed by atoms with Crippen LogP contribution in [0, 0.1) is 12.7 Å². The number of primary amides is 1. The molecular formula is C21H27FN6O3. The third kappa shape index (κ3) is 4.40. The topological polar surface area (TPSA) is 106 Å². The quantitative estimate of drug-likeness (QED) is 0.746. The third-order valence-corrected chi connectivity index (χ3v) is 5.68. The molecule has 1 fully saturated rings. The van der Waals surface area contributed by atoms with Gasteiger partial charge in [-0.25, -0.2) is 9.37 Å². The number of aromatic nitrogens is 2. The van der Waals surface area contributed by atoms with Crippen LogP contribution in [0.4, 0.5) is 27.5 Å². The van der Waals surface area contributed by atoms with Crippen LogP contribution in [0.5, 0.6) is 0 Å². The van der Waals surface area contributed by atoms with Crippen molar-refractivity contribution in [1.29, 1.82) is 0 Å². The first-order chi connectivity index (χ1) is 15.0. The van der Waals surface area contributed by atoms with E-state index in [1.807, 2.05) is 0 Å². The predicted molar refractivity (Wildman–Crippen MR) is 115 cm³/mol. The van der Waals surface area contributed by atoms with Crippen molar-refractivity contribution in [1.82, 2.24) is 9.97 Å². The van der Waals surface area contributed by atoms with Crippen LogP contribution in [0.25, 0.3) is 0 Å². The van der Waals surface area contributed by atoms with Gasteiger partial charge in [-0.3, -0.25) is 4.79 Å². The minimum Gasteiger partial charge on any atom is -0.381 e. The van der Waals surface area contributed by atoms with Crippen molar-refractivity contribution >= 4 is 29.0 Å². The Morgan fingerprint density at radius 3 is 2.77 bits per heavy atom. The Hall–Kier alpha value is -2.98. The first-order valence-corrected chi connectivity index (χ1v) is 10.4. The van der Waals surface area contributed by atoms with Crippen LogP contribution in [0.1, 0.15) is 35.7 Å². The van der Waals surface area contributed by atoms with Crippen molar-refractivity contribution in [3.8, 4) is 0 Å². The van der Waals surface area contributed by atoms with Crippen molar-refractivity contribution < 1.29 is 18.7 Å². The number of aryl methyl sites for hydroxylation is 1. The predicted octanol–water partition coefficient (Wildman–Crippen LogP) is 2.52. The highest BCUT2D eigenvalue weighted by atomic mass is 19.1. The highest BCUT2D eigenvalue weighted by molar-refractivity contribution is 5.94.